The highest BCUT2D eigenvalue weighted by Crippen LogP contribution is 2.29. The molecule has 1 aromatic rings. The van der Waals surface area contributed by atoms with E-state index in [0.717, 1.165) is 0 Å². The molecule has 0 aromatic carbocycles. The molecule has 0 radical (unpaired) electrons. The average Bonchev–Trinajstić information content (AvgIpc) is 2.16. The Hall–Kier alpha value is -0.290. The Labute approximate surface area is 102 Å². The molecule has 2 nitrogen and oxygen atoms in total. The van der Waals surface area contributed by atoms with E-state index in [1.165, 1.54) is 6.20 Å². The van der Waals surface area contributed by atoms with Crippen molar-refractivity contribution in [3.8, 4) is 6.07 Å². The molecular weight excluding hydrogens is 369 g/mol. The van der Waals surface area contributed by atoms with E-state index >= 15 is 0 Å². The van der Waals surface area contributed by atoms with Crippen molar-refractivity contribution in [2.45, 2.75) is 11.8 Å². The van der Waals surface area contributed by atoms with Gasteiger partial charge in [-0.25, -0.2) is 13.8 Å². The van der Waals surface area contributed by atoms with Gasteiger partial charge in [0.05, 0.1) is 11.1 Å². The lowest BCUT2D eigenvalue weighted by Gasteiger charge is -2.09. The smallest absolute Gasteiger partial charge is 0.248 e. The molecule has 0 bridgehead atoms. The first-order valence-electron chi connectivity index (χ1n) is 3.53. The summed E-state index contributed by atoms with van der Waals surface area (Å²) in [5, 5.41) is 8.92. The molecule has 1 heterocycles. The molecule has 6 heteroatoms. The average molecular weight is 373 g/mol. The number of pyridine rings is 1. The van der Waals surface area contributed by atoms with Gasteiger partial charge in [-0.05, 0) is 28.2 Å². The van der Waals surface area contributed by atoms with Crippen LogP contribution in [-0.4, -0.2) is 4.98 Å². The van der Waals surface area contributed by atoms with Crippen LogP contribution in [0.15, 0.2) is 6.20 Å². The van der Waals surface area contributed by atoms with Crippen molar-refractivity contribution in [3.63, 3.8) is 0 Å². The lowest BCUT2D eigenvalue weighted by atomic mass is 10.1. The summed E-state index contributed by atoms with van der Waals surface area (Å²) in [6.07, 6.45) is -1.29. The molecule has 0 aliphatic heterocycles. The van der Waals surface area contributed by atoms with Crippen molar-refractivity contribution in [3.05, 3.63) is 26.6 Å². The summed E-state index contributed by atoms with van der Waals surface area (Å²) in [5.41, 5.74) is 0.362. The van der Waals surface area contributed by atoms with E-state index in [9.17, 15) is 8.78 Å². The molecule has 1 rings (SSSR count). The third-order valence-corrected chi connectivity index (χ3v) is 3.07. The van der Waals surface area contributed by atoms with E-state index in [1.54, 1.807) is 22.6 Å². The summed E-state index contributed by atoms with van der Waals surface area (Å²) in [7, 11) is 0. The van der Waals surface area contributed by atoms with Gasteiger partial charge < -0.3 is 0 Å². The van der Waals surface area contributed by atoms with Crippen LogP contribution in [0, 0.1) is 15.0 Å². The molecule has 0 fully saturated rings. The van der Waals surface area contributed by atoms with Gasteiger partial charge in [0, 0.05) is 11.5 Å². The van der Waals surface area contributed by atoms with E-state index in [2.05, 4.69) is 20.9 Å². The molecule has 74 valence electrons. The molecule has 0 unspecified atom stereocenters. The van der Waals surface area contributed by atoms with Crippen molar-refractivity contribution in [2.75, 3.05) is 0 Å². The van der Waals surface area contributed by atoms with E-state index in [0.29, 0.717) is 5.56 Å². The van der Waals surface area contributed by atoms with Gasteiger partial charge >= 0.3 is 0 Å². The summed E-state index contributed by atoms with van der Waals surface area (Å²) in [6, 6.07) is 1.84. The highest BCUT2D eigenvalue weighted by atomic mass is 127. The van der Waals surface area contributed by atoms with Crippen molar-refractivity contribution >= 4 is 38.5 Å². The van der Waals surface area contributed by atoms with Crippen molar-refractivity contribution in [2.24, 2.45) is 0 Å². The van der Waals surface area contributed by atoms with Gasteiger partial charge in [-0.15, -0.1) is 0 Å². The fourth-order valence-corrected chi connectivity index (χ4v) is 2.30. The summed E-state index contributed by atoms with van der Waals surface area (Å²) in [4.78, 5) is 3.74. The first kappa shape index (κ1) is 11.8. The molecule has 0 atom stereocenters. The van der Waals surface area contributed by atoms with Crippen molar-refractivity contribution in [1.82, 2.24) is 4.98 Å². The molecular formula is C8H4BrF2IN2. The maximum atomic E-state index is 12.6. The van der Waals surface area contributed by atoms with Crippen LogP contribution in [0.1, 0.15) is 23.1 Å². The molecule has 0 N–H and O–H groups in total. The van der Waals surface area contributed by atoms with Gasteiger partial charge in [-0.2, -0.15) is 5.26 Å². The Kier molecular flexibility index (Phi) is 4.19. The molecule has 0 saturated carbocycles. The van der Waals surface area contributed by atoms with Gasteiger partial charge in [-0.3, -0.25) is 0 Å². The number of aromatic nitrogens is 1. The Morgan fingerprint density at radius 1 is 1.64 bits per heavy atom. The minimum atomic E-state index is -2.60. The predicted molar refractivity (Wildman–Crippen MR) is 59.3 cm³/mol. The van der Waals surface area contributed by atoms with Crippen LogP contribution in [0.5, 0.6) is 0 Å². The van der Waals surface area contributed by atoms with Crippen LogP contribution < -0.4 is 0 Å². The zero-order chi connectivity index (χ0) is 10.7. The van der Waals surface area contributed by atoms with E-state index < -0.39 is 6.43 Å². The predicted octanol–water partition coefficient (Wildman–Crippen LogP) is 3.39. The second-order valence-corrected chi connectivity index (χ2v) is 3.98. The van der Waals surface area contributed by atoms with Gasteiger partial charge in [0.25, 0.3) is 6.43 Å². The largest absolute Gasteiger partial charge is 0.266 e. The molecule has 0 aliphatic carbocycles. The topological polar surface area (TPSA) is 36.7 Å². The molecule has 0 amide bonds. The normalized spacial score (nSPS) is 10.3. The number of rotatable bonds is 2. The second-order valence-electron chi connectivity index (χ2n) is 2.40. The van der Waals surface area contributed by atoms with Crippen LogP contribution in [0.25, 0.3) is 0 Å². The monoisotopic (exact) mass is 372 g/mol. The second kappa shape index (κ2) is 4.98. The number of nitriles is 1. The molecule has 14 heavy (non-hydrogen) atoms. The quantitative estimate of drug-likeness (QED) is 0.453. The maximum absolute atomic E-state index is 12.6. The Bertz CT molecular complexity index is 390. The highest BCUT2D eigenvalue weighted by molar-refractivity contribution is 14.1. The Morgan fingerprint density at radius 2 is 2.29 bits per heavy atom. The number of halogens is 4. The fraction of sp³-hybridized carbons (Fsp3) is 0.250. The maximum Gasteiger partial charge on any atom is 0.266 e. The summed E-state index contributed by atoms with van der Waals surface area (Å²) < 4.78 is 25.5. The van der Waals surface area contributed by atoms with Crippen molar-refractivity contribution in [1.29, 1.82) is 5.26 Å². The molecule has 1 aromatic heterocycles. The first-order valence-corrected chi connectivity index (χ1v) is 5.73. The minimum absolute atomic E-state index is 0.151. The standard InChI is InChI=1S/C8H4BrF2IN2/c9-1-5-4(2-13)3-14-8(12)6(5)7(10)11/h3,7H,1H2. The minimum Gasteiger partial charge on any atom is -0.248 e. The zero-order valence-corrected chi connectivity index (χ0v) is 10.5. The Morgan fingerprint density at radius 3 is 2.71 bits per heavy atom. The molecule has 0 aliphatic rings. The lowest BCUT2D eigenvalue weighted by molar-refractivity contribution is 0.149. The van der Waals surface area contributed by atoms with Crippen LogP contribution in [0.3, 0.4) is 0 Å². The van der Waals surface area contributed by atoms with E-state index in [4.69, 9.17) is 5.26 Å². The van der Waals surface area contributed by atoms with E-state index in [-0.39, 0.29) is 20.2 Å². The zero-order valence-electron chi connectivity index (χ0n) is 6.77. The SMILES string of the molecule is N#Cc1cnc(I)c(C(F)F)c1CBr. The van der Waals surface area contributed by atoms with E-state index in [1.807, 2.05) is 6.07 Å². The van der Waals surface area contributed by atoms with Crippen molar-refractivity contribution < 1.29 is 8.78 Å². The number of alkyl halides is 3. The molecule has 0 spiro atoms. The third-order valence-electron chi connectivity index (χ3n) is 1.65. The highest BCUT2D eigenvalue weighted by Gasteiger charge is 2.20. The Balaban J connectivity index is 3.45. The van der Waals surface area contributed by atoms with Crippen LogP contribution in [0.4, 0.5) is 8.78 Å². The van der Waals surface area contributed by atoms with Gasteiger partial charge in [0.2, 0.25) is 0 Å². The summed E-state index contributed by atoms with van der Waals surface area (Å²) >= 11 is 4.82. The van der Waals surface area contributed by atoms with Gasteiger partial charge in [0.1, 0.15) is 9.77 Å². The summed E-state index contributed by atoms with van der Waals surface area (Å²) in [6.45, 7) is 0. The number of hydrogen-bond acceptors (Lipinski definition) is 2. The number of nitrogens with zero attached hydrogens (tertiary/aromatic N) is 2. The fourth-order valence-electron chi connectivity index (χ4n) is 1.00. The van der Waals surface area contributed by atoms with Gasteiger partial charge in [0.15, 0.2) is 0 Å². The van der Waals surface area contributed by atoms with Gasteiger partial charge in [-0.1, -0.05) is 15.9 Å². The first-order chi connectivity index (χ1) is 6.61. The van der Waals surface area contributed by atoms with Crippen LogP contribution in [0.2, 0.25) is 0 Å². The van der Waals surface area contributed by atoms with Crippen LogP contribution >= 0.6 is 38.5 Å². The van der Waals surface area contributed by atoms with Crippen LogP contribution in [-0.2, 0) is 5.33 Å². The number of hydrogen-bond donors (Lipinski definition) is 0. The summed E-state index contributed by atoms with van der Waals surface area (Å²) in [5.74, 6) is 0. The lowest BCUT2D eigenvalue weighted by Crippen LogP contribution is -2.02. The third kappa shape index (κ3) is 2.20. The molecule has 0 saturated heterocycles.